The van der Waals surface area contributed by atoms with Gasteiger partial charge >= 0.3 is 0 Å². The second-order valence-corrected chi connectivity index (χ2v) is 7.62. The summed E-state index contributed by atoms with van der Waals surface area (Å²) in [6.07, 6.45) is 3.67. The summed E-state index contributed by atoms with van der Waals surface area (Å²) in [5, 5.41) is 13.0. The predicted octanol–water partition coefficient (Wildman–Crippen LogP) is 0.116. The maximum atomic E-state index is 12.9. The van der Waals surface area contributed by atoms with Crippen LogP contribution in [0, 0.1) is 17.8 Å². The first-order valence-electron chi connectivity index (χ1n) is 9.11. The minimum Gasteiger partial charge on any atom is -0.446 e. The van der Waals surface area contributed by atoms with E-state index in [1.807, 2.05) is 0 Å². The molecule has 2 bridgehead atoms. The first-order chi connectivity index (χ1) is 12.4. The van der Waals surface area contributed by atoms with Crippen LogP contribution in [0.15, 0.2) is 16.5 Å². The molecule has 3 amide bonds. The fourth-order valence-corrected chi connectivity index (χ4v) is 4.80. The van der Waals surface area contributed by atoms with E-state index in [4.69, 9.17) is 10.2 Å². The summed E-state index contributed by atoms with van der Waals surface area (Å²) in [6, 6.07) is 2.12. The van der Waals surface area contributed by atoms with E-state index in [2.05, 4.69) is 5.32 Å². The van der Waals surface area contributed by atoms with Gasteiger partial charge in [-0.05, 0) is 49.7 Å². The minimum atomic E-state index is -0.826. The summed E-state index contributed by atoms with van der Waals surface area (Å²) in [5.41, 5.74) is 5.10. The Balaban J connectivity index is 1.38. The molecule has 3 fully saturated rings. The quantitative estimate of drug-likeness (QED) is 0.702. The third kappa shape index (κ3) is 2.88. The van der Waals surface area contributed by atoms with Crippen LogP contribution >= 0.6 is 0 Å². The summed E-state index contributed by atoms with van der Waals surface area (Å²) in [7, 11) is 0. The predicted molar refractivity (Wildman–Crippen MR) is 90.0 cm³/mol. The number of likely N-dealkylation sites (tertiary alicyclic amines) is 1. The average molecular weight is 361 g/mol. The number of rotatable bonds is 4. The molecule has 2 saturated carbocycles. The van der Waals surface area contributed by atoms with Crippen molar-refractivity contribution in [2.75, 3.05) is 13.1 Å². The van der Waals surface area contributed by atoms with Gasteiger partial charge in [-0.2, -0.15) is 0 Å². The fraction of sp³-hybridized carbons (Fsp3) is 0.611. The van der Waals surface area contributed by atoms with Crippen molar-refractivity contribution in [3.63, 3.8) is 0 Å². The van der Waals surface area contributed by atoms with Crippen LogP contribution in [0.1, 0.15) is 46.8 Å². The zero-order chi connectivity index (χ0) is 18.4. The molecule has 8 heteroatoms. The molecule has 4 N–H and O–H groups in total. The second kappa shape index (κ2) is 6.42. The van der Waals surface area contributed by atoms with Gasteiger partial charge in [0.25, 0.3) is 11.8 Å². The number of aliphatic hydroxyl groups is 1. The normalized spacial score (nSPS) is 32.8. The Kier molecular flexibility index (Phi) is 4.22. The van der Waals surface area contributed by atoms with Gasteiger partial charge in [-0.25, -0.2) is 0 Å². The number of β-amino-alcohol motifs (C(OH)–C–C–N with tert-alkyl or cyclic N) is 1. The van der Waals surface area contributed by atoms with Crippen molar-refractivity contribution in [1.82, 2.24) is 10.2 Å². The lowest BCUT2D eigenvalue weighted by Gasteiger charge is -2.23. The van der Waals surface area contributed by atoms with Gasteiger partial charge in [-0.1, -0.05) is 0 Å². The molecular weight excluding hydrogens is 338 g/mol. The van der Waals surface area contributed by atoms with Crippen molar-refractivity contribution in [3.8, 4) is 0 Å². The van der Waals surface area contributed by atoms with Gasteiger partial charge in [-0.15, -0.1) is 0 Å². The van der Waals surface area contributed by atoms with Gasteiger partial charge < -0.3 is 25.5 Å². The lowest BCUT2D eigenvalue weighted by molar-refractivity contribution is -0.136. The second-order valence-electron chi connectivity index (χ2n) is 7.62. The molecule has 4 rings (SSSR count). The summed E-state index contributed by atoms with van der Waals surface area (Å²) < 4.78 is 5.10. The summed E-state index contributed by atoms with van der Waals surface area (Å²) in [5.74, 6) is -0.299. The van der Waals surface area contributed by atoms with Gasteiger partial charge in [0.15, 0.2) is 11.5 Å². The smallest absolute Gasteiger partial charge is 0.287 e. The van der Waals surface area contributed by atoms with E-state index >= 15 is 0 Å². The first-order valence-corrected chi connectivity index (χ1v) is 9.11. The van der Waals surface area contributed by atoms with Crippen LogP contribution in [0.5, 0.6) is 0 Å². The number of fused-ring (bicyclic) bond motifs is 2. The fourth-order valence-electron chi connectivity index (χ4n) is 4.80. The van der Waals surface area contributed by atoms with Crippen LogP contribution < -0.4 is 11.1 Å². The molecule has 140 valence electrons. The molecule has 2 aliphatic carbocycles. The van der Waals surface area contributed by atoms with E-state index in [-0.39, 0.29) is 36.4 Å². The molecule has 1 saturated heterocycles. The van der Waals surface area contributed by atoms with Gasteiger partial charge in [0, 0.05) is 19.0 Å². The SMILES string of the molecule is NC(=O)c1ccc(C(=O)N[C@@H]2CN(C(=O)C3C4CCC3CC4)C[C@H]2O)o1. The molecule has 8 nitrogen and oxygen atoms in total. The van der Waals surface area contributed by atoms with E-state index in [1.165, 1.54) is 12.1 Å². The molecule has 0 spiro atoms. The van der Waals surface area contributed by atoms with Crippen molar-refractivity contribution >= 4 is 17.7 Å². The Hall–Kier alpha value is -2.35. The molecular formula is C18H23N3O5. The van der Waals surface area contributed by atoms with Gasteiger partial charge in [0.05, 0.1) is 12.1 Å². The number of nitrogens with two attached hydrogens (primary N) is 1. The van der Waals surface area contributed by atoms with Crippen molar-refractivity contribution < 1.29 is 23.9 Å². The Morgan fingerprint density at radius 3 is 2.27 bits per heavy atom. The average Bonchev–Trinajstić information content (AvgIpc) is 3.38. The van der Waals surface area contributed by atoms with Gasteiger partial charge in [0.1, 0.15) is 0 Å². The van der Waals surface area contributed by atoms with E-state index in [1.54, 1.807) is 4.90 Å². The van der Waals surface area contributed by atoms with Crippen molar-refractivity contribution in [2.24, 2.45) is 23.5 Å². The Labute approximate surface area is 150 Å². The van der Waals surface area contributed by atoms with Crippen LogP contribution in [0.4, 0.5) is 0 Å². The lowest BCUT2D eigenvalue weighted by Crippen LogP contribution is -2.43. The first kappa shape index (κ1) is 17.1. The minimum absolute atomic E-state index is 0.0513. The molecule has 26 heavy (non-hydrogen) atoms. The largest absolute Gasteiger partial charge is 0.446 e. The Bertz CT molecular complexity index is 725. The number of nitrogens with zero attached hydrogens (tertiary/aromatic N) is 1. The van der Waals surface area contributed by atoms with Crippen LogP contribution in [-0.4, -0.2) is 53.0 Å². The highest BCUT2D eigenvalue weighted by Crippen LogP contribution is 2.50. The monoisotopic (exact) mass is 361 g/mol. The molecule has 1 aromatic rings. The molecule has 2 heterocycles. The molecule has 0 radical (unpaired) electrons. The lowest BCUT2D eigenvalue weighted by atomic mass is 9.96. The molecule has 2 atom stereocenters. The maximum absolute atomic E-state index is 12.9. The molecule has 1 aliphatic heterocycles. The van der Waals surface area contributed by atoms with Crippen molar-refractivity contribution in [3.05, 3.63) is 23.7 Å². The molecule has 0 unspecified atom stereocenters. The Morgan fingerprint density at radius 2 is 1.69 bits per heavy atom. The highest BCUT2D eigenvalue weighted by molar-refractivity contribution is 5.95. The number of nitrogens with one attached hydrogen (secondary N) is 1. The molecule has 3 aliphatic rings. The highest BCUT2D eigenvalue weighted by Gasteiger charge is 2.48. The zero-order valence-electron chi connectivity index (χ0n) is 14.4. The summed E-state index contributed by atoms with van der Waals surface area (Å²) >= 11 is 0. The van der Waals surface area contributed by atoms with Crippen LogP contribution in [0.25, 0.3) is 0 Å². The third-order valence-corrected chi connectivity index (χ3v) is 6.11. The van der Waals surface area contributed by atoms with Gasteiger partial charge in [0.2, 0.25) is 5.91 Å². The number of carbonyl (C=O) groups is 3. The molecule has 0 aromatic carbocycles. The van der Waals surface area contributed by atoms with Crippen LogP contribution in [0.2, 0.25) is 0 Å². The zero-order valence-corrected chi connectivity index (χ0v) is 14.4. The summed E-state index contributed by atoms with van der Waals surface area (Å²) in [4.78, 5) is 37.8. The number of primary amides is 1. The number of hydrogen-bond acceptors (Lipinski definition) is 5. The standard InChI is InChI=1S/C18H23N3O5/c19-16(23)13-5-6-14(26-13)17(24)20-11-7-21(8-12(11)22)18(25)15-9-1-2-10(15)4-3-9/h5-6,9-12,15,22H,1-4,7-8H2,(H2,19,23)(H,20,24)/t9?,10?,11-,12-,15?/m1/s1. The van der Waals surface area contributed by atoms with Crippen LogP contribution in [0.3, 0.4) is 0 Å². The van der Waals surface area contributed by atoms with Crippen molar-refractivity contribution in [2.45, 2.75) is 37.8 Å². The van der Waals surface area contributed by atoms with E-state index in [9.17, 15) is 19.5 Å². The van der Waals surface area contributed by atoms with Crippen molar-refractivity contribution in [1.29, 1.82) is 0 Å². The molecule has 1 aromatic heterocycles. The summed E-state index contributed by atoms with van der Waals surface area (Å²) in [6.45, 7) is 0.509. The number of hydrogen-bond donors (Lipinski definition) is 3. The number of carbonyl (C=O) groups excluding carboxylic acids is 3. The Morgan fingerprint density at radius 1 is 1.08 bits per heavy atom. The number of aliphatic hydroxyl groups excluding tert-OH is 1. The van der Waals surface area contributed by atoms with E-state index in [0.29, 0.717) is 11.8 Å². The van der Waals surface area contributed by atoms with E-state index < -0.39 is 24.0 Å². The van der Waals surface area contributed by atoms with Gasteiger partial charge in [-0.3, -0.25) is 14.4 Å². The topological polar surface area (TPSA) is 126 Å². The van der Waals surface area contributed by atoms with E-state index in [0.717, 1.165) is 25.7 Å². The maximum Gasteiger partial charge on any atom is 0.287 e. The third-order valence-electron chi connectivity index (χ3n) is 6.11. The number of amides is 3. The van der Waals surface area contributed by atoms with Crippen LogP contribution in [-0.2, 0) is 4.79 Å². The number of furan rings is 1. The highest BCUT2D eigenvalue weighted by atomic mass is 16.4.